The molecule has 1 fully saturated rings. The molecular formula is C14H16N4O4S. The highest BCUT2D eigenvalue weighted by molar-refractivity contribution is 7.08. The number of carbonyl (C=O) groups excluding carboxylic acids is 2. The number of hydrogen-bond acceptors (Lipinski definition) is 6. The van der Waals surface area contributed by atoms with Crippen molar-refractivity contribution in [1.82, 2.24) is 20.4 Å². The van der Waals surface area contributed by atoms with Gasteiger partial charge in [-0.1, -0.05) is 0 Å². The summed E-state index contributed by atoms with van der Waals surface area (Å²) in [6.45, 7) is 1.01. The molecule has 23 heavy (non-hydrogen) atoms. The first kappa shape index (κ1) is 15.5. The lowest BCUT2D eigenvalue weighted by Gasteiger charge is -2.31. The van der Waals surface area contributed by atoms with Crippen molar-refractivity contribution in [2.75, 3.05) is 19.6 Å². The van der Waals surface area contributed by atoms with Crippen molar-refractivity contribution < 1.29 is 14.0 Å². The van der Waals surface area contributed by atoms with E-state index in [9.17, 15) is 14.4 Å². The third kappa shape index (κ3) is 3.67. The Bertz CT molecular complexity index is 736. The molecule has 3 rings (SSSR count). The smallest absolute Gasteiger partial charge is 0.392 e. The van der Waals surface area contributed by atoms with Crippen LogP contribution in [0.3, 0.4) is 0 Å². The highest BCUT2D eigenvalue weighted by atomic mass is 32.1. The fraction of sp³-hybridized carbons (Fsp3) is 0.429. The molecule has 0 spiro atoms. The molecule has 2 amide bonds. The van der Waals surface area contributed by atoms with E-state index in [-0.39, 0.29) is 24.3 Å². The number of H-pyrrole nitrogens is 1. The number of nitrogens with one attached hydrogen (secondary N) is 2. The molecule has 8 nitrogen and oxygen atoms in total. The zero-order valence-electron chi connectivity index (χ0n) is 12.3. The van der Waals surface area contributed by atoms with Crippen molar-refractivity contribution in [3.63, 3.8) is 0 Å². The number of hydrogen-bond donors (Lipinski definition) is 2. The molecule has 1 aliphatic heterocycles. The van der Waals surface area contributed by atoms with Crippen LogP contribution in [0.5, 0.6) is 0 Å². The van der Waals surface area contributed by atoms with Gasteiger partial charge in [0.2, 0.25) is 11.8 Å². The molecule has 0 aliphatic carbocycles. The van der Waals surface area contributed by atoms with Gasteiger partial charge in [0.15, 0.2) is 0 Å². The second-order valence-corrected chi connectivity index (χ2v) is 6.11. The van der Waals surface area contributed by atoms with E-state index in [1.807, 2.05) is 5.38 Å². The number of rotatable bonds is 4. The molecule has 0 radical (unpaired) electrons. The average Bonchev–Trinajstić information content (AvgIpc) is 3.24. The third-order valence-electron chi connectivity index (χ3n) is 3.76. The van der Waals surface area contributed by atoms with Gasteiger partial charge in [-0.15, -0.1) is 5.10 Å². The fourth-order valence-electron chi connectivity index (χ4n) is 2.58. The number of aromatic nitrogens is 2. The normalized spacial score (nSPS) is 17.9. The molecule has 3 heterocycles. The second-order valence-electron chi connectivity index (χ2n) is 5.32. The summed E-state index contributed by atoms with van der Waals surface area (Å²) >= 11 is 1.43. The van der Waals surface area contributed by atoms with Gasteiger partial charge in [-0.2, -0.15) is 11.3 Å². The van der Waals surface area contributed by atoms with Gasteiger partial charge < -0.3 is 14.6 Å². The molecule has 1 aliphatic rings. The number of amides is 2. The summed E-state index contributed by atoms with van der Waals surface area (Å²) in [6.07, 6.45) is 1.60. The third-order valence-corrected chi connectivity index (χ3v) is 4.44. The highest BCUT2D eigenvalue weighted by Gasteiger charge is 2.28. The molecule has 0 bridgehead atoms. The van der Waals surface area contributed by atoms with Gasteiger partial charge in [0.1, 0.15) is 0 Å². The van der Waals surface area contributed by atoms with Crippen LogP contribution in [0.25, 0.3) is 0 Å². The molecule has 2 N–H and O–H groups in total. The highest BCUT2D eigenvalue weighted by Crippen LogP contribution is 2.24. The topological polar surface area (TPSA) is 108 Å². The standard InChI is InChI=1S/C14H16N4O4S/c19-11(6-15-12(20)10-3-5-23-8-10)18-4-1-2-9(7-18)13-16-17-14(21)22-13/h3,5,8-9H,1-2,4,6-7H2,(H,15,20)(H,17,21). The lowest BCUT2D eigenvalue weighted by Crippen LogP contribution is -2.44. The van der Waals surface area contributed by atoms with Crippen LogP contribution in [0.4, 0.5) is 0 Å². The van der Waals surface area contributed by atoms with Gasteiger partial charge in [-0.05, 0) is 24.3 Å². The largest absolute Gasteiger partial charge is 0.434 e. The number of likely N-dealkylation sites (tertiary alicyclic amines) is 1. The molecule has 1 unspecified atom stereocenters. The minimum Gasteiger partial charge on any atom is -0.392 e. The molecular weight excluding hydrogens is 320 g/mol. The fourth-order valence-corrected chi connectivity index (χ4v) is 3.22. The predicted molar refractivity (Wildman–Crippen MR) is 82.3 cm³/mol. The van der Waals surface area contributed by atoms with E-state index in [1.165, 1.54) is 11.3 Å². The van der Waals surface area contributed by atoms with Crippen LogP contribution < -0.4 is 11.1 Å². The summed E-state index contributed by atoms with van der Waals surface area (Å²) in [5.74, 6) is -0.775. The van der Waals surface area contributed by atoms with E-state index >= 15 is 0 Å². The number of nitrogens with zero attached hydrogens (tertiary/aromatic N) is 2. The molecule has 122 valence electrons. The van der Waals surface area contributed by atoms with E-state index in [0.717, 1.165) is 12.8 Å². The molecule has 0 saturated carbocycles. The van der Waals surface area contributed by atoms with Gasteiger partial charge in [0.25, 0.3) is 5.91 Å². The SMILES string of the molecule is O=C(NCC(=O)N1CCCC(c2n[nH]c(=O)o2)C1)c1ccsc1. The number of aromatic amines is 1. The van der Waals surface area contributed by atoms with Gasteiger partial charge in [-0.3, -0.25) is 9.59 Å². The lowest BCUT2D eigenvalue weighted by molar-refractivity contribution is -0.131. The first-order chi connectivity index (χ1) is 11.1. The van der Waals surface area contributed by atoms with Crippen LogP contribution in [0.2, 0.25) is 0 Å². The average molecular weight is 336 g/mol. The number of piperidine rings is 1. The first-order valence-electron chi connectivity index (χ1n) is 7.27. The Balaban J connectivity index is 1.55. The van der Waals surface area contributed by atoms with Gasteiger partial charge in [-0.25, -0.2) is 9.89 Å². The molecule has 1 atom stereocenters. The van der Waals surface area contributed by atoms with Crippen molar-refractivity contribution in [2.45, 2.75) is 18.8 Å². The van der Waals surface area contributed by atoms with Crippen molar-refractivity contribution in [3.8, 4) is 0 Å². The Hall–Kier alpha value is -2.42. The van der Waals surface area contributed by atoms with E-state index < -0.39 is 5.76 Å². The van der Waals surface area contributed by atoms with Crippen molar-refractivity contribution in [2.24, 2.45) is 0 Å². The van der Waals surface area contributed by atoms with Crippen LogP contribution in [0, 0.1) is 0 Å². The van der Waals surface area contributed by atoms with Gasteiger partial charge >= 0.3 is 5.76 Å². The van der Waals surface area contributed by atoms with Crippen molar-refractivity contribution >= 4 is 23.2 Å². The maximum absolute atomic E-state index is 12.2. The predicted octanol–water partition coefficient (Wildman–Crippen LogP) is 0.560. The monoisotopic (exact) mass is 336 g/mol. The van der Waals surface area contributed by atoms with Crippen molar-refractivity contribution in [3.05, 3.63) is 38.8 Å². The van der Waals surface area contributed by atoms with E-state index in [0.29, 0.717) is 24.5 Å². The van der Waals surface area contributed by atoms with Crippen molar-refractivity contribution in [1.29, 1.82) is 0 Å². The summed E-state index contributed by atoms with van der Waals surface area (Å²) in [5.41, 5.74) is 0.553. The summed E-state index contributed by atoms with van der Waals surface area (Å²) in [7, 11) is 0. The molecule has 2 aromatic heterocycles. The lowest BCUT2D eigenvalue weighted by atomic mass is 9.98. The van der Waals surface area contributed by atoms with Crippen LogP contribution in [0.15, 0.2) is 26.0 Å². The summed E-state index contributed by atoms with van der Waals surface area (Å²) in [5, 5.41) is 12.2. The first-order valence-corrected chi connectivity index (χ1v) is 8.21. The molecule has 0 aromatic carbocycles. The zero-order valence-corrected chi connectivity index (χ0v) is 13.1. The van der Waals surface area contributed by atoms with E-state index in [1.54, 1.807) is 16.3 Å². The van der Waals surface area contributed by atoms with Gasteiger partial charge in [0.05, 0.1) is 12.5 Å². The minimum atomic E-state index is -0.591. The molecule has 1 saturated heterocycles. The maximum atomic E-state index is 12.2. The van der Waals surface area contributed by atoms with E-state index in [4.69, 9.17) is 4.42 Å². The quantitative estimate of drug-likeness (QED) is 0.848. The Morgan fingerprint density at radius 2 is 2.39 bits per heavy atom. The Labute approximate surface area is 135 Å². The maximum Gasteiger partial charge on any atom is 0.434 e. The molecule has 2 aromatic rings. The second kappa shape index (κ2) is 6.78. The zero-order chi connectivity index (χ0) is 16.2. The van der Waals surface area contributed by atoms with Crippen LogP contribution >= 0.6 is 11.3 Å². The van der Waals surface area contributed by atoms with Crippen LogP contribution in [-0.2, 0) is 4.79 Å². The van der Waals surface area contributed by atoms with Crippen LogP contribution in [0.1, 0.15) is 35.0 Å². The number of thiophene rings is 1. The van der Waals surface area contributed by atoms with Gasteiger partial charge in [0, 0.05) is 24.0 Å². The summed E-state index contributed by atoms with van der Waals surface area (Å²) in [6, 6.07) is 1.71. The Kier molecular flexibility index (Phi) is 4.56. The van der Waals surface area contributed by atoms with Crippen LogP contribution in [-0.4, -0.2) is 46.5 Å². The minimum absolute atomic E-state index is 0.0497. The Morgan fingerprint density at radius 1 is 1.52 bits per heavy atom. The van der Waals surface area contributed by atoms with E-state index in [2.05, 4.69) is 15.5 Å². The summed E-state index contributed by atoms with van der Waals surface area (Å²) < 4.78 is 4.97. The molecule has 9 heteroatoms. The Morgan fingerprint density at radius 3 is 3.09 bits per heavy atom. The summed E-state index contributed by atoms with van der Waals surface area (Å²) in [4.78, 5) is 36.8. The number of carbonyl (C=O) groups is 2.